The molecule has 0 amide bonds. The summed E-state index contributed by atoms with van der Waals surface area (Å²) in [6.45, 7) is 0.341. The number of aromatic amines is 1. The molecule has 0 radical (unpaired) electrons. The van der Waals surface area contributed by atoms with Gasteiger partial charge in [-0.2, -0.15) is 0 Å². The van der Waals surface area contributed by atoms with Crippen molar-refractivity contribution in [1.29, 1.82) is 0 Å². The maximum Gasteiger partial charge on any atom is 0.186 e. The molecule has 3 heteroatoms. The Kier molecular flexibility index (Phi) is 4.04. The van der Waals surface area contributed by atoms with Crippen LogP contribution in [0.2, 0.25) is 0 Å². The molecule has 1 aromatic heterocycles. The summed E-state index contributed by atoms with van der Waals surface area (Å²) >= 11 is 0. The van der Waals surface area contributed by atoms with Crippen LogP contribution in [-0.2, 0) is 0 Å². The van der Waals surface area contributed by atoms with Crippen LogP contribution in [-0.4, -0.2) is 17.3 Å². The Balaban J connectivity index is 2.00. The van der Waals surface area contributed by atoms with Crippen molar-refractivity contribution in [2.45, 2.75) is 6.04 Å². The normalized spacial score (nSPS) is 12.0. The first-order chi connectivity index (χ1) is 10.8. The summed E-state index contributed by atoms with van der Waals surface area (Å²) in [6, 6.07) is 17.0. The molecule has 0 aliphatic carbocycles. The fourth-order valence-corrected chi connectivity index (χ4v) is 2.60. The summed E-state index contributed by atoms with van der Waals surface area (Å²) in [5, 5.41) is 4.07. The summed E-state index contributed by atoms with van der Waals surface area (Å²) < 4.78 is 0. The number of nitrogens with one attached hydrogen (secondary N) is 2. The SMILES string of the molecule is C#CCNC(C(=O)c1c[nH]c2ccccc12)c1ccccc1. The fraction of sp³-hybridized carbons (Fsp3) is 0.105. The van der Waals surface area contributed by atoms with Crippen molar-refractivity contribution in [2.24, 2.45) is 0 Å². The van der Waals surface area contributed by atoms with Crippen molar-refractivity contribution in [3.05, 3.63) is 71.9 Å². The third kappa shape index (κ3) is 2.65. The highest BCUT2D eigenvalue weighted by Crippen LogP contribution is 2.24. The molecule has 2 aromatic carbocycles. The second-order valence-corrected chi connectivity index (χ2v) is 5.04. The molecule has 0 saturated heterocycles. The van der Waals surface area contributed by atoms with E-state index in [4.69, 9.17) is 6.42 Å². The second kappa shape index (κ2) is 6.30. The van der Waals surface area contributed by atoms with Crippen molar-refractivity contribution in [3.8, 4) is 12.3 Å². The highest BCUT2D eigenvalue weighted by molar-refractivity contribution is 6.10. The predicted molar refractivity (Wildman–Crippen MR) is 88.6 cm³/mol. The molecule has 0 fully saturated rings. The molecule has 0 aliphatic rings. The van der Waals surface area contributed by atoms with Crippen LogP contribution < -0.4 is 5.32 Å². The number of fused-ring (bicyclic) bond motifs is 1. The fourth-order valence-electron chi connectivity index (χ4n) is 2.60. The summed E-state index contributed by atoms with van der Waals surface area (Å²) in [5.74, 6) is 2.55. The zero-order chi connectivity index (χ0) is 15.4. The number of terminal acetylenes is 1. The molecule has 3 rings (SSSR count). The number of ketones is 1. The van der Waals surface area contributed by atoms with E-state index in [1.54, 1.807) is 6.20 Å². The zero-order valence-electron chi connectivity index (χ0n) is 12.0. The van der Waals surface area contributed by atoms with Crippen molar-refractivity contribution in [2.75, 3.05) is 6.54 Å². The van der Waals surface area contributed by atoms with Gasteiger partial charge in [0, 0.05) is 22.7 Å². The number of hydrogen-bond donors (Lipinski definition) is 2. The lowest BCUT2D eigenvalue weighted by molar-refractivity contribution is 0.0947. The molecule has 1 unspecified atom stereocenters. The van der Waals surface area contributed by atoms with Gasteiger partial charge < -0.3 is 4.98 Å². The lowest BCUT2D eigenvalue weighted by Crippen LogP contribution is -2.29. The van der Waals surface area contributed by atoms with Gasteiger partial charge in [-0.1, -0.05) is 54.5 Å². The smallest absolute Gasteiger partial charge is 0.186 e. The minimum atomic E-state index is -0.448. The van der Waals surface area contributed by atoms with Crippen LogP contribution in [0.1, 0.15) is 22.0 Å². The largest absolute Gasteiger partial charge is 0.360 e. The van der Waals surface area contributed by atoms with E-state index in [1.807, 2.05) is 54.6 Å². The van der Waals surface area contributed by atoms with Crippen LogP contribution in [0.15, 0.2) is 60.8 Å². The summed E-state index contributed by atoms with van der Waals surface area (Å²) in [7, 11) is 0. The van der Waals surface area contributed by atoms with Gasteiger partial charge in [0.05, 0.1) is 12.6 Å². The van der Waals surface area contributed by atoms with E-state index >= 15 is 0 Å². The molecule has 1 atom stereocenters. The average molecular weight is 288 g/mol. The molecule has 3 aromatic rings. The third-order valence-corrected chi connectivity index (χ3v) is 3.66. The number of H-pyrrole nitrogens is 1. The molecule has 0 spiro atoms. The average Bonchev–Trinajstić information content (AvgIpc) is 3.00. The number of benzene rings is 2. The Morgan fingerprint density at radius 1 is 1.14 bits per heavy atom. The minimum Gasteiger partial charge on any atom is -0.360 e. The van der Waals surface area contributed by atoms with E-state index in [0.29, 0.717) is 12.1 Å². The van der Waals surface area contributed by atoms with E-state index in [1.165, 1.54) is 0 Å². The number of hydrogen-bond acceptors (Lipinski definition) is 2. The van der Waals surface area contributed by atoms with Gasteiger partial charge in [0.1, 0.15) is 0 Å². The molecule has 2 N–H and O–H groups in total. The third-order valence-electron chi connectivity index (χ3n) is 3.66. The maximum atomic E-state index is 13.0. The first kappa shape index (κ1) is 14.1. The quantitative estimate of drug-likeness (QED) is 0.559. The molecule has 1 heterocycles. The van der Waals surface area contributed by atoms with E-state index in [9.17, 15) is 4.79 Å². The lowest BCUT2D eigenvalue weighted by Gasteiger charge is -2.16. The Morgan fingerprint density at radius 2 is 1.86 bits per heavy atom. The molecule has 0 saturated carbocycles. The van der Waals surface area contributed by atoms with Crippen LogP contribution in [0.4, 0.5) is 0 Å². The van der Waals surface area contributed by atoms with Crippen LogP contribution >= 0.6 is 0 Å². The van der Waals surface area contributed by atoms with Crippen molar-refractivity contribution in [3.63, 3.8) is 0 Å². The lowest BCUT2D eigenvalue weighted by atomic mass is 9.97. The van der Waals surface area contributed by atoms with Crippen LogP contribution in [0.25, 0.3) is 10.9 Å². The summed E-state index contributed by atoms with van der Waals surface area (Å²) in [5.41, 5.74) is 2.54. The number of carbonyl (C=O) groups excluding carboxylic acids is 1. The van der Waals surface area contributed by atoms with Gasteiger partial charge in [-0.15, -0.1) is 6.42 Å². The van der Waals surface area contributed by atoms with Gasteiger partial charge in [-0.05, 0) is 11.6 Å². The number of aromatic nitrogens is 1. The highest BCUT2D eigenvalue weighted by Gasteiger charge is 2.23. The minimum absolute atomic E-state index is 0.0129. The molecule has 22 heavy (non-hydrogen) atoms. The van der Waals surface area contributed by atoms with Crippen LogP contribution in [0, 0.1) is 12.3 Å². The van der Waals surface area contributed by atoms with Gasteiger partial charge in [0.25, 0.3) is 0 Å². The number of para-hydroxylation sites is 1. The number of rotatable bonds is 5. The van der Waals surface area contributed by atoms with Crippen molar-refractivity contribution >= 4 is 16.7 Å². The number of Topliss-reactive ketones (excluding diaryl/α,β-unsaturated/α-hetero) is 1. The van der Waals surface area contributed by atoms with E-state index in [-0.39, 0.29) is 5.78 Å². The van der Waals surface area contributed by atoms with E-state index < -0.39 is 6.04 Å². The van der Waals surface area contributed by atoms with Gasteiger partial charge in [0.2, 0.25) is 0 Å². The topological polar surface area (TPSA) is 44.9 Å². The molecular weight excluding hydrogens is 272 g/mol. The zero-order valence-corrected chi connectivity index (χ0v) is 12.0. The van der Waals surface area contributed by atoms with Gasteiger partial charge >= 0.3 is 0 Å². The summed E-state index contributed by atoms with van der Waals surface area (Å²) in [4.78, 5) is 16.1. The molecule has 0 aliphatic heterocycles. The van der Waals surface area contributed by atoms with Gasteiger partial charge in [-0.25, -0.2) is 0 Å². The molecule has 3 nitrogen and oxygen atoms in total. The predicted octanol–water partition coefficient (Wildman–Crippen LogP) is 3.31. The van der Waals surface area contributed by atoms with Gasteiger partial charge in [0.15, 0.2) is 5.78 Å². The Bertz CT molecular complexity index is 827. The monoisotopic (exact) mass is 288 g/mol. The molecular formula is C19H16N2O. The Morgan fingerprint density at radius 3 is 2.64 bits per heavy atom. The Hall–Kier alpha value is -2.83. The Labute approximate surface area is 129 Å². The molecule has 0 bridgehead atoms. The van der Waals surface area contributed by atoms with Crippen LogP contribution in [0.3, 0.4) is 0 Å². The highest BCUT2D eigenvalue weighted by atomic mass is 16.1. The van der Waals surface area contributed by atoms with Crippen LogP contribution in [0.5, 0.6) is 0 Å². The van der Waals surface area contributed by atoms with E-state index in [0.717, 1.165) is 16.5 Å². The van der Waals surface area contributed by atoms with Gasteiger partial charge in [-0.3, -0.25) is 10.1 Å². The maximum absolute atomic E-state index is 13.0. The molecule has 108 valence electrons. The number of carbonyl (C=O) groups is 1. The van der Waals surface area contributed by atoms with Crippen molar-refractivity contribution in [1.82, 2.24) is 10.3 Å². The second-order valence-electron chi connectivity index (χ2n) is 5.04. The first-order valence-electron chi connectivity index (χ1n) is 7.13. The van der Waals surface area contributed by atoms with Crippen molar-refractivity contribution < 1.29 is 4.79 Å². The standard InChI is InChI=1S/C19H16N2O/c1-2-12-20-18(14-8-4-3-5-9-14)19(22)16-13-21-17-11-7-6-10-15(16)17/h1,3-11,13,18,20-21H,12H2. The first-order valence-corrected chi connectivity index (χ1v) is 7.13. The summed E-state index contributed by atoms with van der Waals surface area (Å²) in [6.07, 6.45) is 7.10. The van der Waals surface area contributed by atoms with E-state index in [2.05, 4.69) is 16.2 Å².